The van der Waals surface area contributed by atoms with Crippen LogP contribution in [0.4, 0.5) is 5.82 Å². The Morgan fingerprint density at radius 1 is 1.21 bits per heavy atom. The van der Waals surface area contributed by atoms with Crippen LogP contribution in [0.15, 0.2) is 0 Å². The molecule has 0 saturated carbocycles. The van der Waals surface area contributed by atoms with Gasteiger partial charge in [0.25, 0.3) is 0 Å². The van der Waals surface area contributed by atoms with Gasteiger partial charge in [0.05, 0.1) is 11.4 Å². The van der Waals surface area contributed by atoms with Crippen LogP contribution in [-0.2, 0) is 0 Å². The highest BCUT2D eigenvalue weighted by Crippen LogP contribution is 2.18. The van der Waals surface area contributed by atoms with Crippen LogP contribution in [0.25, 0.3) is 0 Å². The second-order valence-corrected chi connectivity index (χ2v) is 5.67. The number of rotatable bonds is 3. The van der Waals surface area contributed by atoms with Gasteiger partial charge in [-0.15, -0.1) is 0 Å². The zero-order valence-corrected chi connectivity index (χ0v) is 12.8. The van der Waals surface area contributed by atoms with E-state index in [9.17, 15) is 0 Å². The summed E-state index contributed by atoms with van der Waals surface area (Å²) < 4.78 is 0. The largest absolute Gasteiger partial charge is 0.366 e. The summed E-state index contributed by atoms with van der Waals surface area (Å²) in [5.41, 5.74) is 1.80. The monoisotopic (exact) mass is 283 g/mol. The van der Waals surface area contributed by atoms with Gasteiger partial charge in [0.15, 0.2) is 11.0 Å². The van der Waals surface area contributed by atoms with E-state index >= 15 is 0 Å². The molecule has 1 N–H and O–H groups in total. The molecule has 1 atom stereocenters. The van der Waals surface area contributed by atoms with Crippen LogP contribution in [0, 0.1) is 13.8 Å². The highest BCUT2D eigenvalue weighted by atomic mass is 35.5. The van der Waals surface area contributed by atoms with Crippen molar-refractivity contribution in [2.75, 3.05) is 45.6 Å². The first-order chi connectivity index (χ1) is 8.97. The summed E-state index contributed by atoms with van der Waals surface area (Å²) in [5, 5.41) is 3.78. The minimum absolute atomic E-state index is 0.454. The molecule has 2 heterocycles. The molecule has 1 aliphatic rings. The van der Waals surface area contributed by atoms with E-state index in [2.05, 4.69) is 39.2 Å². The molecule has 1 fully saturated rings. The number of likely N-dealkylation sites (N-methyl/N-ethyl adjacent to an activating group) is 2. The molecule has 19 heavy (non-hydrogen) atoms. The van der Waals surface area contributed by atoms with Gasteiger partial charge in [-0.25, -0.2) is 9.97 Å². The smallest absolute Gasteiger partial charge is 0.171 e. The molecule has 5 nitrogen and oxygen atoms in total. The fourth-order valence-corrected chi connectivity index (χ4v) is 2.46. The lowest BCUT2D eigenvalue weighted by molar-refractivity contribution is 0.122. The van der Waals surface area contributed by atoms with Crippen LogP contribution in [0.1, 0.15) is 11.4 Å². The summed E-state index contributed by atoms with van der Waals surface area (Å²) in [4.78, 5) is 13.5. The number of nitrogens with one attached hydrogen (secondary N) is 1. The highest BCUT2D eigenvalue weighted by Gasteiger charge is 2.22. The van der Waals surface area contributed by atoms with Gasteiger partial charge in [0, 0.05) is 32.2 Å². The van der Waals surface area contributed by atoms with Gasteiger partial charge in [-0.2, -0.15) is 0 Å². The van der Waals surface area contributed by atoms with Crippen molar-refractivity contribution < 1.29 is 0 Å². The first-order valence-corrected chi connectivity index (χ1v) is 6.98. The van der Waals surface area contributed by atoms with E-state index in [4.69, 9.17) is 11.6 Å². The number of aryl methyl sites for hydroxylation is 2. The Labute approximate surface area is 120 Å². The molecular weight excluding hydrogens is 262 g/mol. The van der Waals surface area contributed by atoms with E-state index < -0.39 is 0 Å². The zero-order valence-electron chi connectivity index (χ0n) is 12.1. The molecule has 6 heteroatoms. The van der Waals surface area contributed by atoms with Crippen molar-refractivity contribution in [1.82, 2.24) is 19.8 Å². The van der Waals surface area contributed by atoms with E-state index in [1.807, 2.05) is 13.8 Å². The number of nitrogens with zero attached hydrogens (tertiary/aromatic N) is 4. The van der Waals surface area contributed by atoms with Crippen molar-refractivity contribution in [3.05, 3.63) is 16.5 Å². The Hall–Kier alpha value is -0.910. The van der Waals surface area contributed by atoms with Gasteiger partial charge in [0.1, 0.15) is 0 Å². The molecule has 106 valence electrons. The minimum atomic E-state index is 0.454. The van der Waals surface area contributed by atoms with Crippen LogP contribution >= 0.6 is 11.6 Å². The van der Waals surface area contributed by atoms with E-state index in [1.54, 1.807) is 0 Å². The van der Waals surface area contributed by atoms with Gasteiger partial charge >= 0.3 is 0 Å². The Morgan fingerprint density at radius 2 is 1.89 bits per heavy atom. The van der Waals surface area contributed by atoms with Crippen LogP contribution in [0.2, 0.25) is 5.15 Å². The van der Waals surface area contributed by atoms with Gasteiger partial charge < -0.3 is 10.2 Å². The molecule has 0 spiro atoms. The quantitative estimate of drug-likeness (QED) is 0.909. The second kappa shape index (κ2) is 6.03. The lowest BCUT2D eigenvalue weighted by atomic mass is 10.2. The molecular formula is C13H22ClN5. The first-order valence-electron chi connectivity index (χ1n) is 6.60. The SMILES string of the molecule is Cc1nc(Cl)c(NCC2CN(C)CCN2C)nc1C. The number of aromatic nitrogens is 2. The highest BCUT2D eigenvalue weighted by molar-refractivity contribution is 6.31. The lowest BCUT2D eigenvalue weighted by Crippen LogP contribution is -2.52. The number of hydrogen-bond donors (Lipinski definition) is 1. The van der Waals surface area contributed by atoms with Crippen molar-refractivity contribution in [2.24, 2.45) is 0 Å². The second-order valence-electron chi connectivity index (χ2n) is 5.31. The van der Waals surface area contributed by atoms with E-state index in [-0.39, 0.29) is 0 Å². The average molecular weight is 284 g/mol. The third-order valence-electron chi connectivity index (χ3n) is 3.75. The van der Waals surface area contributed by atoms with Crippen molar-refractivity contribution in [2.45, 2.75) is 19.9 Å². The maximum Gasteiger partial charge on any atom is 0.171 e. The van der Waals surface area contributed by atoms with E-state index in [0.717, 1.165) is 37.6 Å². The van der Waals surface area contributed by atoms with Crippen LogP contribution in [0.5, 0.6) is 0 Å². The van der Waals surface area contributed by atoms with Gasteiger partial charge in [0.2, 0.25) is 0 Å². The van der Waals surface area contributed by atoms with Gasteiger partial charge in [-0.3, -0.25) is 4.90 Å². The summed E-state index contributed by atoms with van der Waals surface area (Å²) in [6, 6.07) is 0.471. The topological polar surface area (TPSA) is 44.3 Å². The Balaban J connectivity index is 2.00. The minimum Gasteiger partial charge on any atom is -0.366 e. The molecule has 0 aromatic carbocycles. The lowest BCUT2D eigenvalue weighted by Gasteiger charge is -2.37. The average Bonchev–Trinajstić information content (AvgIpc) is 2.36. The van der Waals surface area contributed by atoms with Crippen LogP contribution < -0.4 is 5.32 Å². The molecule has 1 saturated heterocycles. The molecule has 1 aliphatic heterocycles. The van der Waals surface area contributed by atoms with E-state index in [0.29, 0.717) is 17.0 Å². The molecule has 1 unspecified atom stereocenters. The first kappa shape index (κ1) is 14.5. The Morgan fingerprint density at radius 3 is 2.63 bits per heavy atom. The number of piperazine rings is 1. The fraction of sp³-hybridized carbons (Fsp3) is 0.692. The number of anilines is 1. The van der Waals surface area contributed by atoms with Crippen molar-refractivity contribution in [1.29, 1.82) is 0 Å². The van der Waals surface area contributed by atoms with Gasteiger partial charge in [-0.05, 0) is 27.9 Å². The third kappa shape index (κ3) is 3.55. The predicted molar refractivity (Wildman–Crippen MR) is 78.9 cm³/mol. The van der Waals surface area contributed by atoms with E-state index in [1.165, 1.54) is 0 Å². The molecule has 1 aromatic heterocycles. The molecule has 0 aliphatic carbocycles. The zero-order chi connectivity index (χ0) is 14.0. The Kier molecular flexibility index (Phi) is 4.60. The van der Waals surface area contributed by atoms with Crippen molar-refractivity contribution >= 4 is 17.4 Å². The van der Waals surface area contributed by atoms with Gasteiger partial charge in [-0.1, -0.05) is 11.6 Å². The Bertz CT molecular complexity index is 451. The van der Waals surface area contributed by atoms with Crippen LogP contribution in [0.3, 0.4) is 0 Å². The summed E-state index contributed by atoms with van der Waals surface area (Å²) in [7, 11) is 4.32. The normalized spacial score (nSPS) is 21.6. The van der Waals surface area contributed by atoms with Crippen molar-refractivity contribution in [3.8, 4) is 0 Å². The maximum absolute atomic E-state index is 6.12. The third-order valence-corrected chi connectivity index (χ3v) is 4.01. The fourth-order valence-electron chi connectivity index (χ4n) is 2.22. The summed E-state index contributed by atoms with van der Waals surface area (Å²) >= 11 is 6.12. The molecule has 2 rings (SSSR count). The summed E-state index contributed by atoms with van der Waals surface area (Å²) in [6.45, 7) is 7.97. The summed E-state index contributed by atoms with van der Waals surface area (Å²) in [5.74, 6) is 0.686. The molecule has 0 bridgehead atoms. The molecule has 0 amide bonds. The molecule has 0 radical (unpaired) electrons. The molecule has 1 aromatic rings. The van der Waals surface area contributed by atoms with Crippen LogP contribution in [-0.4, -0.2) is 66.1 Å². The standard InChI is InChI=1S/C13H22ClN5/c1-9-10(2)17-13(12(14)16-9)15-7-11-8-18(3)5-6-19(11)4/h11H,5-8H2,1-4H3,(H,15,17). The number of halogens is 1. The maximum atomic E-state index is 6.12. The summed E-state index contributed by atoms with van der Waals surface area (Å²) in [6.07, 6.45) is 0. The predicted octanol–water partition coefficient (Wildman–Crippen LogP) is 1.40. The van der Waals surface area contributed by atoms with Crippen molar-refractivity contribution in [3.63, 3.8) is 0 Å². The number of hydrogen-bond acceptors (Lipinski definition) is 5.